The van der Waals surface area contributed by atoms with E-state index in [4.69, 9.17) is 16.3 Å². The summed E-state index contributed by atoms with van der Waals surface area (Å²) in [5.74, 6) is 0.690. The highest BCUT2D eigenvalue weighted by atomic mass is 35.5. The molecule has 1 aromatic heterocycles. The Morgan fingerprint density at radius 1 is 1.47 bits per heavy atom. The Kier molecular flexibility index (Phi) is 6.09. The predicted octanol–water partition coefficient (Wildman–Crippen LogP) is 2.87. The van der Waals surface area contributed by atoms with Gasteiger partial charge in [0.2, 0.25) is 5.88 Å². The Morgan fingerprint density at radius 3 is 2.68 bits per heavy atom. The van der Waals surface area contributed by atoms with Gasteiger partial charge in [0, 0.05) is 24.0 Å². The van der Waals surface area contributed by atoms with Crippen molar-refractivity contribution in [3.63, 3.8) is 0 Å². The summed E-state index contributed by atoms with van der Waals surface area (Å²) in [4.78, 5) is 16.2. The van der Waals surface area contributed by atoms with Gasteiger partial charge in [0.25, 0.3) is 5.91 Å². The second-order valence-corrected chi connectivity index (χ2v) is 4.85. The fourth-order valence-corrected chi connectivity index (χ4v) is 2.30. The van der Waals surface area contributed by atoms with E-state index in [1.165, 1.54) is 7.11 Å². The summed E-state index contributed by atoms with van der Waals surface area (Å²) in [7, 11) is 1.50. The van der Waals surface area contributed by atoms with Gasteiger partial charge >= 0.3 is 0 Å². The van der Waals surface area contributed by atoms with Crippen molar-refractivity contribution < 1.29 is 9.53 Å². The first-order chi connectivity index (χ1) is 9.12. The SMILES string of the molecule is CCC(CC)(CCl)CNC(=O)c1cccnc1OC. The van der Waals surface area contributed by atoms with Crippen molar-refractivity contribution in [2.45, 2.75) is 26.7 Å². The van der Waals surface area contributed by atoms with Gasteiger partial charge in [-0.15, -0.1) is 11.6 Å². The van der Waals surface area contributed by atoms with Gasteiger partial charge in [-0.25, -0.2) is 4.98 Å². The van der Waals surface area contributed by atoms with E-state index in [2.05, 4.69) is 24.1 Å². The van der Waals surface area contributed by atoms with Gasteiger partial charge in [-0.1, -0.05) is 13.8 Å². The number of alkyl halides is 1. The Morgan fingerprint density at radius 2 is 2.16 bits per heavy atom. The number of halogens is 1. The summed E-state index contributed by atoms with van der Waals surface area (Å²) in [6.45, 7) is 4.73. The first-order valence-corrected chi connectivity index (χ1v) is 6.99. The minimum Gasteiger partial charge on any atom is -0.480 e. The topological polar surface area (TPSA) is 51.2 Å². The first-order valence-electron chi connectivity index (χ1n) is 6.45. The molecule has 1 rings (SSSR count). The Hall–Kier alpha value is -1.29. The number of carbonyl (C=O) groups excluding carboxylic acids is 1. The van der Waals surface area contributed by atoms with E-state index >= 15 is 0 Å². The normalized spacial score (nSPS) is 11.2. The molecule has 0 aliphatic rings. The summed E-state index contributed by atoms with van der Waals surface area (Å²) in [5.41, 5.74) is 0.396. The number of amides is 1. The fourth-order valence-electron chi connectivity index (χ4n) is 1.83. The second-order valence-electron chi connectivity index (χ2n) is 4.58. The number of carbonyl (C=O) groups is 1. The lowest BCUT2D eigenvalue weighted by molar-refractivity contribution is 0.0928. The molecule has 0 aliphatic heterocycles. The molecule has 1 N–H and O–H groups in total. The summed E-state index contributed by atoms with van der Waals surface area (Å²) in [6, 6.07) is 3.41. The van der Waals surface area contributed by atoms with Crippen LogP contribution < -0.4 is 10.1 Å². The molecule has 0 fully saturated rings. The smallest absolute Gasteiger partial charge is 0.256 e. The molecule has 0 atom stereocenters. The molecule has 1 amide bonds. The molecular formula is C14H21ClN2O2. The maximum Gasteiger partial charge on any atom is 0.256 e. The van der Waals surface area contributed by atoms with Gasteiger partial charge in [-0.05, 0) is 25.0 Å². The van der Waals surface area contributed by atoms with Crippen LogP contribution in [0.3, 0.4) is 0 Å². The summed E-state index contributed by atoms with van der Waals surface area (Å²) < 4.78 is 5.08. The number of hydrogen-bond acceptors (Lipinski definition) is 3. The molecule has 4 nitrogen and oxygen atoms in total. The molecule has 0 radical (unpaired) electrons. The van der Waals surface area contributed by atoms with Crippen LogP contribution >= 0.6 is 11.6 Å². The number of methoxy groups -OCH3 is 1. The van der Waals surface area contributed by atoms with E-state index in [1.807, 2.05) is 0 Å². The van der Waals surface area contributed by atoms with Crippen LogP contribution in [-0.4, -0.2) is 30.4 Å². The molecule has 0 aromatic carbocycles. The first kappa shape index (κ1) is 15.8. The van der Waals surface area contributed by atoms with Gasteiger partial charge in [0.05, 0.1) is 7.11 Å². The molecule has 1 aromatic rings. The maximum atomic E-state index is 12.1. The molecule has 0 saturated heterocycles. The minimum atomic E-state index is -0.179. The molecule has 0 bridgehead atoms. The lowest BCUT2D eigenvalue weighted by Crippen LogP contribution is -2.38. The van der Waals surface area contributed by atoms with E-state index < -0.39 is 0 Å². The zero-order chi connectivity index (χ0) is 14.3. The highest BCUT2D eigenvalue weighted by Gasteiger charge is 2.26. The summed E-state index contributed by atoms with van der Waals surface area (Å²) >= 11 is 6.02. The monoisotopic (exact) mass is 284 g/mol. The fraction of sp³-hybridized carbons (Fsp3) is 0.571. The predicted molar refractivity (Wildman–Crippen MR) is 76.9 cm³/mol. The lowest BCUT2D eigenvalue weighted by atomic mass is 9.84. The van der Waals surface area contributed by atoms with Crippen LogP contribution in [0.1, 0.15) is 37.0 Å². The number of nitrogens with one attached hydrogen (secondary N) is 1. The van der Waals surface area contributed by atoms with Crippen LogP contribution in [0.25, 0.3) is 0 Å². The molecule has 19 heavy (non-hydrogen) atoms. The summed E-state index contributed by atoms with van der Waals surface area (Å²) in [6.07, 6.45) is 3.45. The molecule has 1 heterocycles. The average Bonchev–Trinajstić information content (AvgIpc) is 2.49. The molecule has 0 saturated carbocycles. The third-order valence-corrected chi connectivity index (χ3v) is 4.18. The van der Waals surface area contributed by atoms with Gasteiger partial charge in [-0.2, -0.15) is 0 Å². The zero-order valence-corrected chi connectivity index (χ0v) is 12.5. The van der Waals surface area contributed by atoms with Gasteiger partial charge in [-0.3, -0.25) is 4.79 Å². The third kappa shape index (κ3) is 3.83. The van der Waals surface area contributed by atoms with Crippen molar-refractivity contribution in [1.29, 1.82) is 0 Å². The number of nitrogens with zero attached hydrogens (tertiary/aromatic N) is 1. The molecule has 0 spiro atoms. The van der Waals surface area contributed by atoms with Crippen LogP contribution in [0.15, 0.2) is 18.3 Å². The number of pyridine rings is 1. The van der Waals surface area contributed by atoms with Gasteiger partial charge < -0.3 is 10.1 Å². The van der Waals surface area contributed by atoms with Gasteiger partial charge in [0.15, 0.2) is 0 Å². The van der Waals surface area contributed by atoms with Crippen LogP contribution in [0.5, 0.6) is 5.88 Å². The van der Waals surface area contributed by atoms with E-state index in [1.54, 1.807) is 18.3 Å². The largest absolute Gasteiger partial charge is 0.480 e. The van der Waals surface area contributed by atoms with E-state index in [-0.39, 0.29) is 11.3 Å². The maximum absolute atomic E-state index is 12.1. The Balaban J connectivity index is 2.75. The van der Waals surface area contributed by atoms with Crippen molar-refractivity contribution >= 4 is 17.5 Å². The number of ether oxygens (including phenoxy) is 1. The van der Waals surface area contributed by atoms with E-state index in [0.29, 0.717) is 23.9 Å². The number of aromatic nitrogens is 1. The van der Waals surface area contributed by atoms with Crippen LogP contribution in [0.2, 0.25) is 0 Å². The molecular weight excluding hydrogens is 264 g/mol. The van der Waals surface area contributed by atoms with E-state index in [9.17, 15) is 4.79 Å². The van der Waals surface area contributed by atoms with Crippen LogP contribution in [0.4, 0.5) is 0 Å². The minimum absolute atomic E-state index is 0.0489. The van der Waals surface area contributed by atoms with Crippen LogP contribution in [0, 0.1) is 5.41 Å². The standard InChI is InChI=1S/C14H21ClN2O2/c1-4-14(5-2,9-15)10-17-12(18)11-7-6-8-16-13(11)19-3/h6-8H,4-5,9-10H2,1-3H3,(H,17,18). The molecule has 0 aliphatic carbocycles. The molecule has 0 unspecified atom stereocenters. The Labute approximate surface area is 119 Å². The molecule has 106 valence electrons. The average molecular weight is 285 g/mol. The van der Waals surface area contributed by atoms with Crippen molar-refractivity contribution in [3.8, 4) is 5.88 Å². The quantitative estimate of drug-likeness (QED) is 0.783. The van der Waals surface area contributed by atoms with Crippen molar-refractivity contribution in [3.05, 3.63) is 23.9 Å². The van der Waals surface area contributed by atoms with Crippen molar-refractivity contribution in [2.75, 3.05) is 19.5 Å². The molecule has 5 heteroatoms. The highest BCUT2D eigenvalue weighted by molar-refractivity contribution is 6.18. The van der Waals surface area contributed by atoms with Crippen molar-refractivity contribution in [2.24, 2.45) is 5.41 Å². The number of rotatable bonds is 7. The zero-order valence-electron chi connectivity index (χ0n) is 11.7. The summed E-state index contributed by atoms with van der Waals surface area (Å²) in [5, 5.41) is 2.92. The van der Waals surface area contributed by atoms with Gasteiger partial charge in [0.1, 0.15) is 5.56 Å². The Bertz CT molecular complexity index is 411. The highest BCUT2D eigenvalue weighted by Crippen LogP contribution is 2.27. The van der Waals surface area contributed by atoms with Crippen molar-refractivity contribution in [1.82, 2.24) is 10.3 Å². The second kappa shape index (κ2) is 7.34. The van der Waals surface area contributed by atoms with Crippen LogP contribution in [-0.2, 0) is 0 Å². The third-order valence-electron chi connectivity index (χ3n) is 3.62. The lowest BCUT2D eigenvalue weighted by Gasteiger charge is -2.29. The number of hydrogen-bond donors (Lipinski definition) is 1. The van der Waals surface area contributed by atoms with E-state index in [0.717, 1.165) is 12.8 Å².